The van der Waals surface area contributed by atoms with Crippen molar-refractivity contribution >= 4 is 27.3 Å². The number of benzene rings is 1. The first-order valence-electron chi connectivity index (χ1n) is 6.90. The van der Waals surface area contributed by atoms with Gasteiger partial charge in [0.25, 0.3) is 5.91 Å². The van der Waals surface area contributed by atoms with Crippen molar-refractivity contribution in [2.45, 2.75) is 12.8 Å². The van der Waals surface area contributed by atoms with E-state index < -0.39 is 0 Å². The summed E-state index contributed by atoms with van der Waals surface area (Å²) in [6.07, 6.45) is 2.20. The molecule has 0 bridgehead atoms. The van der Waals surface area contributed by atoms with Gasteiger partial charge in [-0.05, 0) is 61.5 Å². The number of rotatable bonds is 4. The summed E-state index contributed by atoms with van der Waals surface area (Å²) in [5, 5.41) is 7.06. The van der Waals surface area contributed by atoms with Crippen LogP contribution in [0.2, 0.25) is 0 Å². The number of hydrogen-bond donors (Lipinski definition) is 2. The molecule has 0 saturated carbocycles. The minimum absolute atomic E-state index is 0.0578. The Hall–Kier alpha value is -1.46. The molecule has 0 radical (unpaired) electrons. The number of carbonyl (C=O) groups is 1. The van der Waals surface area contributed by atoms with Gasteiger partial charge < -0.3 is 10.6 Å². The molecule has 1 aromatic carbocycles. The number of halogens is 1. The number of carbonyl (C=O) groups excluding carboxylic acids is 1. The van der Waals surface area contributed by atoms with Crippen LogP contribution in [0.3, 0.4) is 0 Å². The fourth-order valence-corrected chi connectivity index (χ4v) is 3.52. The standard InChI is InChI=1S/C15H17FN2OS/c16-12-1-2-13-11(7-12)8-14(20-13)15(19)18-6-4-10-3-5-17-9-10/h1-2,7-8,10,17H,3-6,9H2,(H,18,19). The van der Waals surface area contributed by atoms with Gasteiger partial charge in [-0.25, -0.2) is 4.39 Å². The zero-order chi connectivity index (χ0) is 13.9. The molecule has 106 valence electrons. The summed E-state index contributed by atoms with van der Waals surface area (Å²) in [5.41, 5.74) is 0. The maximum absolute atomic E-state index is 13.1. The monoisotopic (exact) mass is 292 g/mol. The van der Waals surface area contributed by atoms with Crippen LogP contribution in [-0.2, 0) is 0 Å². The predicted molar refractivity (Wildman–Crippen MR) is 79.7 cm³/mol. The molecule has 0 aliphatic carbocycles. The van der Waals surface area contributed by atoms with Gasteiger partial charge in [0.1, 0.15) is 5.82 Å². The molecule has 3 nitrogen and oxygen atoms in total. The SMILES string of the molecule is O=C(NCCC1CCNC1)c1cc2cc(F)ccc2s1. The Balaban J connectivity index is 1.60. The molecule has 1 aliphatic heterocycles. The van der Waals surface area contributed by atoms with Crippen LogP contribution < -0.4 is 10.6 Å². The number of nitrogens with one attached hydrogen (secondary N) is 2. The van der Waals surface area contributed by atoms with Gasteiger partial charge in [0.15, 0.2) is 0 Å². The predicted octanol–water partition coefficient (Wildman–Crippen LogP) is 2.77. The molecule has 2 aromatic rings. The van der Waals surface area contributed by atoms with Crippen molar-refractivity contribution in [2.75, 3.05) is 19.6 Å². The van der Waals surface area contributed by atoms with Crippen LogP contribution in [0.15, 0.2) is 24.3 Å². The van der Waals surface area contributed by atoms with Gasteiger partial charge in [-0.2, -0.15) is 0 Å². The van der Waals surface area contributed by atoms with Gasteiger partial charge in [0, 0.05) is 11.2 Å². The molecule has 1 unspecified atom stereocenters. The normalized spacial score (nSPS) is 18.6. The molecule has 5 heteroatoms. The second-order valence-corrected chi connectivity index (χ2v) is 6.28. The smallest absolute Gasteiger partial charge is 0.261 e. The first kappa shape index (κ1) is 13.5. The Morgan fingerprint density at radius 2 is 2.35 bits per heavy atom. The fraction of sp³-hybridized carbons (Fsp3) is 0.400. The van der Waals surface area contributed by atoms with Crippen LogP contribution in [0.5, 0.6) is 0 Å². The number of amides is 1. The average molecular weight is 292 g/mol. The molecule has 3 rings (SSSR count). The largest absolute Gasteiger partial charge is 0.351 e. The lowest BCUT2D eigenvalue weighted by atomic mass is 10.1. The maximum atomic E-state index is 13.1. The molecular weight excluding hydrogens is 275 g/mol. The van der Waals surface area contributed by atoms with E-state index in [1.807, 2.05) is 0 Å². The van der Waals surface area contributed by atoms with E-state index in [1.165, 1.54) is 29.9 Å². The van der Waals surface area contributed by atoms with Crippen molar-refractivity contribution in [1.29, 1.82) is 0 Å². The summed E-state index contributed by atoms with van der Waals surface area (Å²) in [4.78, 5) is 12.7. The zero-order valence-electron chi connectivity index (χ0n) is 11.1. The van der Waals surface area contributed by atoms with Crippen LogP contribution in [0.1, 0.15) is 22.5 Å². The molecule has 20 heavy (non-hydrogen) atoms. The molecule has 1 fully saturated rings. The zero-order valence-corrected chi connectivity index (χ0v) is 11.9. The van der Waals surface area contributed by atoms with Gasteiger partial charge in [-0.1, -0.05) is 0 Å². The third-order valence-corrected chi connectivity index (χ3v) is 4.82. The van der Waals surface area contributed by atoms with E-state index >= 15 is 0 Å². The van der Waals surface area contributed by atoms with Crippen LogP contribution in [-0.4, -0.2) is 25.5 Å². The molecule has 2 N–H and O–H groups in total. The van der Waals surface area contributed by atoms with E-state index in [9.17, 15) is 9.18 Å². The Kier molecular flexibility index (Phi) is 3.98. The lowest BCUT2D eigenvalue weighted by Crippen LogP contribution is -2.25. The Labute approximate surface area is 121 Å². The van der Waals surface area contributed by atoms with Crippen LogP contribution in [0.4, 0.5) is 4.39 Å². The molecule has 2 heterocycles. The summed E-state index contributed by atoms with van der Waals surface area (Å²) in [6.45, 7) is 2.84. The number of thiophene rings is 1. The summed E-state index contributed by atoms with van der Waals surface area (Å²) in [7, 11) is 0. The van der Waals surface area contributed by atoms with Gasteiger partial charge in [0.2, 0.25) is 0 Å². The molecule has 1 aromatic heterocycles. The van der Waals surface area contributed by atoms with Gasteiger partial charge in [0.05, 0.1) is 4.88 Å². The topological polar surface area (TPSA) is 41.1 Å². The second kappa shape index (κ2) is 5.89. The quantitative estimate of drug-likeness (QED) is 0.910. The van der Waals surface area contributed by atoms with Crippen LogP contribution in [0, 0.1) is 11.7 Å². The first-order valence-corrected chi connectivity index (χ1v) is 7.72. The van der Waals surface area contributed by atoms with E-state index in [1.54, 1.807) is 12.1 Å². The van der Waals surface area contributed by atoms with Crippen LogP contribution in [0.25, 0.3) is 10.1 Å². The lowest BCUT2D eigenvalue weighted by molar-refractivity contribution is 0.0956. The van der Waals surface area contributed by atoms with E-state index in [0.717, 1.165) is 29.6 Å². The van der Waals surface area contributed by atoms with Crippen molar-refractivity contribution in [1.82, 2.24) is 10.6 Å². The highest BCUT2D eigenvalue weighted by Crippen LogP contribution is 2.26. The fourth-order valence-electron chi connectivity index (χ4n) is 2.56. The summed E-state index contributed by atoms with van der Waals surface area (Å²) >= 11 is 1.41. The molecule has 1 saturated heterocycles. The highest BCUT2D eigenvalue weighted by atomic mass is 32.1. The average Bonchev–Trinajstić information content (AvgIpc) is 3.06. The van der Waals surface area contributed by atoms with Gasteiger partial charge >= 0.3 is 0 Å². The minimum Gasteiger partial charge on any atom is -0.351 e. The minimum atomic E-state index is -0.268. The van der Waals surface area contributed by atoms with Crippen molar-refractivity contribution in [2.24, 2.45) is 5.92 Å². The Morgan fingerprint density at radius 1 is 1.45 bits per heavy atom. The summed E-state index contributed by atoms with van der Waals surface area (Å²) in [5.74, 6) is 0.348. The van der Waals surface area contributed by atoms with Gasteiger partial charge in [-0.3, -0.25) is 4.79 Å². The molecule has 1 aliphatic rings. The summed E-state index contributed by atoms with van der Waals surface area (Å²) < 4.78 is 14.1. The van der Waals surface area contributed by atoms with E-state index in [4.69, 9.17) is 0 Å². The first-order chi connectivity index (χ1) is 9.72. The van der Waals surface area contributed by atoms with E-state index in [0.29, 0.717) is 17.3 Å². The van der Waals surface area contributed by atoms with Crippen molar-refractivity contribution < 1.29 is 9.18 Å². The van der Waals surface area contributed by atoms with Crippen molar-refractivity contribution in [3.05, 3.63) is 35.0 Å². The van der Waals surface area contributed by atoms with Crippen molar-refractivity contribution in [3.8, 4) is 0 Å². The summed E-state index contributed by atoms with van der Waals surface area (Å²) in [6, 6.07) is 6.37. The Bertz CT molecular complexity index is 619. The molecule has 1 atom stereocenters. The maximum Gasteiger partial charge on any atom is 0.261 e. The third-order valence-electron chi connectivity index (χ3n) is 3.70. The number of hydrogen-bond acceptors (Lipinski definition) is 3. The second-order valence-electron chi connectivity index (χ2n) is 5.20. The van der Waals surface area contributed by atoms with Crippen LogP contribution >= 0.6 is 11.3 Å². The lowest BCUT2D eigenvalue weighted by Gasteiger charge is -2.08. The van der Waals surface area contributed by atoms with Crippen molar-refractivity contribution in [3.63, 3.8) is 0 Å². The Morgan fingerprint density at radius 3 is 3.15 bits per heavy atom. The van der Waals surface area contributed by atoms with Gasteiger partial charge in [-0.15, -0.1) is 11.3 Å². The highest BCUT2D eigenvalue weighted by Gasteiger charge is 2.15. The highest BCUT2D eigenvalue weighted by molar-refractivity contribution is 7.20. The molecule has 1 amide bonds. The number of fused-ring (bicyclic) bond motifs is 1. The molecule has 0 spiro atoms. The van der Waals surface area contributed by atoms with E-state index in [-0.39, 0.29) is 11.7 Å². The van der Waals surface area contributed by atoms with E-state index in [2.05, 4.69) is 10.6 Å². The molecular formula is C15H17FN2OS. The third kappa shape index (κ3) is 2.99.